The molecule has 0 amide bonds. The van der Waals surface area contributed by atoms with Crippen LogP contribution in [0.5, 0.6) is 0 Å². The van der Waals surface area contributed by atoms with E-state index in [0.717, 1.165) is 22.8 Å². The zero-order valence-electron chi connectivity index (χ0n) is 12.6. The summed E-state index contributed by atoms with van der Waals surface area (Å²) in [5, 5.41) is 8.77. The van der Waals surface area contributed by atoms with Crippen LogP contribution in [-0.2, 0) is 0 Å². The standard InChI is InChI=1S/C17H12F2N4O/c1-9(21)16-22-14-4-2-3-13(19)15(14)17(24)23(16)12-6-10(8-20)5-11(18)7-12/h2-7,9H,21H2,1H3/t9-/m0/s1. The quantitative estimate of drug-likeness (QED) is 0.784. The molecule has 24 heavy (non-hydrogen) atoms. The van der Waals surface area contributed by atoms with Crippen LogP contribution in [0.3, 0.4) is 0 Å². The van der Waals surface area contributed by atoms with Crippen LogP contribution < -0.4 is 11.3 Å². The summed E-state index contributed by atoms with van der Waals surface area (Å²) in [6.07, 6.45) is 0. The van der Waals surface area contributed by atoms with Gasteiger partial charge in [0.1, 0.15) is 22.8 Å². The second-order valence-corrected chi connectivity index (χ2v) is 5.34. The number of nitriles is 1. The summed E-state index contributed by atoms with van der Waals surface area (Å²) in [6, 6.07) is 8.67. The molecule has 0 unspecified atom stereocenters. The van der Waals surface area contributed by atoms with Gasteiger partial charge in [0, 0.05) is 0 Å². The van der Waals surface area contributed by atoms with E-state index in [-0.39, 0.29) is 28.0 Å². The number of nitrogens with two attached hydrogens (primary N) is 1. The summed E-state index contributed by atoms with van der Waals surface area (Å²) in [7, 11) is 0. The van der Waals surface area contributed by atoms with Gasteiger partial charge in [0.25, 0.3) is 5.56 Å². The monoisotopic (exact) mass is 326 g/mol. The Morgan fingerprint density at radius 1 is 1.29 bits per heavy atom. The van der Waals surface area contributed by atoms with Crippen molar-refractivity contribution in [1.29, 1.82) is 5.26 Å². The number of hydrogen-bond donors (Lipinski definition) is 1. The lowest BCUT2D eigenvalue weighted by Crippen LogP contribution is -2.28. The number of halogens is 2. The number of benzene rings is 2. The molecular formula is C17H12F2N4O. The summed E-state index contributed by atoms with van der Waals surface area (Å²) in [4.78, 5) is 17.1. The fourth-order valence-electron chi connectivity index (χ4n) is 2.53. The minimum absolute atomic E-state index is 0.0288. The molecule has 7 heteroatoms. The predicted octanol–water partition coefficient (Wildman–Crippen LogP) is 2.56. The van der Waals surface area contributed by atoms with Crippen molar-refractivity contribution in [3.63, 3.8) is 0 Å². The lowest BCUT2D eigenvalue weighted by atomic mass is 10.1. The van der Waals surface area contributed by atoms with Crippen LogP contribution in [0.2, 0.25) is 0 Å². The molecule has 1 heterocycles. The van der Waals surface area contributed by atoms with Gasteiger partial charge in [-0.1, -0.05) is 6.07 Å². The van der Waals surface area contributed by atoms with Gasteiger partial charge in [-0.05, 0) is 37.3 Å². The molecule has 2 aromatic carbocycles. The summed E-state index contributed by atoms with van der Waals surface area (Å²) in [5.41, 5.74) is 5.44. The van der Waals surface area contributed by atoms with E-state index in [1.54, 1.807) is 6.92 Å². The number of aromatic nitrogens is 2. The molecule has 0 aliphatic heterocycles. The first kappa shape index (κ1) is 15.8. The van der Waals surface area contributed by atoms with Crippen LogP contribution in [-0.4, -0.2) is 9.55 Å². The van der Waals surface area contributed by atoms with Crippen LogP contribution in [0.1, 0.15) is 24.4 Å². The third kappa shape index (κ3) is 2.53. The molecule has 0 spiro atoms. The topological polar surface area (TPSA) is 84.7 Å². The Hall–Kier alpha value is -3.11. The van der Waals surface area contributed by atoms with Crippen molar-refractivity contribution < 1.29 is 8.78 Å². The molecule has 0 aliphatic carbocycles. The highest BCUT2D eigenvalue weighted by molar-refractivity contribution is 5.78. The van der Waals surface area contributed by atoms with Crippen molar-refractivity contribution in [2.75, 3.05) is 0 Å². The lowest BCUT2D eigenvalue weighted by molar-refractivity contribution is 0.621. The first-order valence-corrected chi connectivity index (χ1v) is 7.10. The summed E-state index contributed by atoms with van der Waals surface area (Å²) >= 11 is 0. The smallest absolute Gasteiger partial charge is 0.269 e. The third-order valence-corrected chi connectivity index (χ3v) is 3.55. The zero-order valence-corrected chi connectivity index (χ0v) is 12.6. The molecule has 1 aromatic heterocycles. The fourth-order valence-corrected chi connectivity index (χ4v) is 2.53. The van der Waals surface area contributed by atoms with E-state index in [9.17, 15) is 13.6 Å². The average Bonchev–Trinajstić information content (AvgIpc) is 2.53. The van der Waals surface area contributed by atoms with E-state index in [0.29, 0.717) is 0 Å². The van der Waals surface area contributed by atoms with Gasteiger partial charge in [0.05, 0.1) is 28.9 Å². The Morgan fingerprint density at radius 3 is 2.71 bits per heavy atom. The van der Waals surface area contributed by atoms with E-state index in [1.165, 1.54) is 18.2 Å². The van der Waals surface area contributed by atoms with Gasteiger partial charge in [0.15, 0.2) is 0 Å². The van der Waals surface area contributed by atoms with Gasteiger partial charge in [-0.3, -0.25) is 9.36 Å². The fraction of sp³-hybridized carbons (Fsp3) is 0.118. The second kappa shape index (κ2) is 5.83. The summed E-state index contributed by atoms with van der Waals surface area (Å²) < 4.78 is 28.9. The number of fused-ring (bicyclic) bond motifs is 1. The highest BCUT2D eigenvalue weighted by Crippen LogP contribution is 2.20. The van der Waals surface area contributed by atoms with E-state index in [4.69, 9.17) is 11.0 Å². The molecule has 5 nitrogen and oxygen atoms in total. The van der Waals surface area contributed by atoms with Crippen LogP contribution in [0.25, 0.3) is 16.6 Å². The number of hydrogen-bond acceptors (Lipinski definition) is 4. The van der Waals surface area contributed by atoms with Crippen molar-refractivity contribution in [2.24, 2.45) is 5.73 Å². The van der Waals surface area contributed by atoms with Crippen molar-refractivity contribution in [2.45, 2.75) is 13.0 Å². The summed E-state index contributed by atoms with van der Waals surface area (Å²) in [6.45, 7) is 1.61. The molecule has 3 aromatic rings. The van der Waals surface area contributed by atoms with Gasteiger partial charge in [0.2, 0.25) is 0 Å². The highest BCUT2D eigenvalue weighted by atomic mass is 19.1. The van der Waals surface area contributed by atoms with Gasteiger partial charge in [-0.2, -0.15) is 5.26 Å². The van der Waals surface area contributed by atoms with Crippen molar-refractivity contribution >= 4 is 10.9 Å². The molecule has 0 saturated heterocycles. The van der Waals surface area contributed by atoms with E-state index in [1.807, 2.05) is 6.07 Å². The van der Waals surface area contributed by atoms with Gasteiger partial charge < -0.3 is 5.73 Å². The molecular weight excluding hydrogens is 314 g/mol. The molecule has 0 bridgehead atoms. The van der Waals surface area contributed by atoms with Gasteiger partial charge in [-0.15, -0.1) is 0 Å². The maximum Gasteiger partial charge on any atom is 0.269 e. The van der Waals surface area contributed by atoms with Crippen molar-refractivity contribution in [3.8, 4) is 11.8 Å². The number of nitrogens with zero attached hydrogens (tertiary/aromatic N) is 3. The van der Waals surface area contributed by atoms with Crippen molar-refractivity contribution in [3.05, 3.63) is 69.8 Å². The first-order valence-electron chi connectivity index (χ1n) is 7.10. The highest BCUT2D eigenvalue weighted by Gasteiger charge is 2.18. The molecule has 1 atom stereocenters. The minimum Gasteiger partial charge on any atom is -0.322 e. The van der Waals surface area contributed by atoms with E-state index in [2.05, 4.69) is 4.98 Å². The Bertz CT molecular complexity index is 1050. The molecule has 2 N–H and O–H groups in total. The van der Waals surface area contributed by atoms with Crippen LogP contribution in [0.15, 0.2) is 41.2 Å². The Balaban J connectivity index is 2.47. The molecule has 0 saturated carbocycles. The van der Waals surface area contributed by atoms with E-state index >= 15 is 0 Å². The largest absolute Gasteiger partial charge is 0.322 e. The maximum absolute atomic E-state index is 14.1. The molecule has 0 aliphatic rings. The Kier molecular flexibility index (Phi) is 3.83. The first-order chi connectivity index (χ1) is 11.4. The third-order valence-electron chi connectivity index (χ3n) is 3.55. The number of rotatable bonds is 2. The second-order valence-electron chi connectivity index (χ2n) is 5.34. The van der Waals surface area contributed by atoms with Crippen LogP contribution >= 0.6 is 0 Å². The Labute approximate surface area is 135 Å². The molecule has 3 rings (SSSR count). The zero-order chi connectivity index (χ0) is 17.4. The Morgan fingerprint density at radius 2 is 2.04 bits per heavy atom. The minimum atomic E-state index is -0.730. The van der Waals surface area contributed by atoms with Crippen LogP contribution in [0, 0.1) is 23.0 Å². The van der Waals surface area contributed by atoms with Crippen LogP contribution in [0.4, 0.5) is 8.78 Å². The summed E-state index contributed by atoms with van der Waals surface area (Å²) in [5.74, 6) is -1.28. The normalized spacial score (nSPS) is 12.1. The van der Waals surface area contributed by atoms with Gasteiger partial charge >= 0.3 is 0 Å². The molecule has 0 fully saturated rings. The predicted molar refractivity (Wildman–Crippen MR) is 84.6 cm³/mol. The van der Waals surface area contributed by atoms with Gasteiger partial charge in [-0.25, -0.2) is 13.8 Å². The molecule has 120 valence electrons. The van der Waals surface area contributed by atoms with Crippen molar-refractivity contribution in [1.82, 2.24) is 9.55 Å². The maximum atomic E-state index is 14.1. The SMILES string of the molecule is C[C@H](N)c1nc2cccc(F)c2c(=O)n1-c1cc(F)cc(C#N)c1. The average molecular weight is 326 g/mol. The van der Waals surface area contributed by atoms with E-state index < -0.39 is 23.2 Å². The molecule has 0 radical (unpaired) electrons. The lowest BCUT2D eigenvalue weighted by Gasteiger charge is -2.16.